The molecule has 0 atom stereocenters. The predicted octanol–water partition coefficient (Wildman–Crippen LogP) is 1.16. The van der Waals surface area contributed by atoms with Crippen LogP contribution in [0.5, 0.6) is 0 Å². The highest BCUT2D eigenvalue weighted by Gasteiger charge is 2.50. The van der Waals surface area contributed by atoms with Crippen molar-refractivity contribution >= 4 is 11.9 Å². The van der Waals surface area contributed by atoms with E-state index >= 15 is 0 Å². The van der Waals surface area contributed by atoms with Crippen LogP contribution in [0, 0.1) is 5.41 Å². The minimum atomic E-state index is -1.10. The van der Waals surface area contributed by atoms with Crippen LogP contribution >= 0.6 is 0 Å². The fraction of sp³-hybridized carbons (Fsp3) is 0.800. The van der Waals surface area contributed by atoms with Gasteiger partial charge in [0.1, 0.15) is 5.41 Å². The van der Waals surface area contributed by atoms with Gasteiger partial charge in [0, 0.05) is 6.54 Å². The number of carbonyl (C=O) groups excluding carboxylic acids is 1. The van der Waals surface area contributed by atoms with Crippen molar-refractivity contribution in [3.05, 3.63) is 0 Å². The van der Waals surface area contributed by atoms with Crippen LogP contribution in [-0.2, 0) is 9.59 Å². The van der Waals surface area contributed by atoms with Crippen molar-refractivity contribution in [1.82, 2.24) is 5.32 Å². The molecule has 1 amide bonds. The van der Waals surface area contributed by atoms with Crippen LogP contribution < -0.4 is 5.32 Å². The predicted molar refractivity (Wildman–Crippen MR) is 51.8 cm³/mol. The fourth-order valence-corrected chi connectivity index (χ4v) is 1.62. The van der Waals surface area contributed by atoms with E-state index in [1.165, 1.54) is 0 Å². The Morgan fingerprint density at radius 3 is 2.43 bits per heavy atom. The van der Waals surface area contributed by atoms with Crippen molar-refractivity contribution in [3.8, 4) is 0 Å². The molecule has 0 saturated heterocycles. The smallest absolute Gasteiger partial charge is 0.319 e. The van der Waals surface area contributed by atoms with Crippen LogP contribution in [0.25, 0.3) is 0 Å². The van der Waals surface area contributed by atoms with Gasteiger partial charge in [0.05, 0.1) is 0 Å². The van der Waals surface area contributed by atoms with Crippen molar-refractivity contribution in [2.75, 3.05) is 6.54 Å². The molecule has 80 valence electrons. The number of rotatable bonds is 5. The van der Waals surface area contributed by atoms with Gasteiger partial charge < -0.3 is 10.4 Å². The number of unbranched alkanes of at least 4 members (excludes halogenated alkanes) is 1. The summed E-state index contributed by atoms with van der Waals surface area (Å²) in [5.74, 6) is -1.28. The van der Waals surface area contributed by atoms with Crippen LogP contribution in [0.1, 0.15) is 39.0 Å². The molecule has 0 heterocycles. The number of aliphatic carboxylic acids is 1. The van der Waals surface area contributed by atoms with Gasteiger partial charge in [-0.25, -0.2) is 0 Å². The van der Waals surface area contributed by atoms with Gasteiger partial charge >= 0.3 is 5.97 Å². The lowest BCUT2D eigenvalue weighted by Crippen LogP contribution is -2.51. The molecule has 0 aromatic heterocycles. The van der Waals surface area contributed by atoms with Gasteiger partial charge in [-0.15, -0.1) is 0 Å². The molecule has 1 aliphatic carbocycles. The van der Waals surface area contributed by atoms with Crippen LogP contribution in [0.4, 0.5) is 0 Å². The molecule has 0 aromatic carbocycles. The molecule has 0 aliphatic heterocycles. The fourth-order valence-electron chi connectivity index (χ4n) is 1.62. The monoisotopic (exact) mass is 199 g/mol. The number of carboxylic acids is 1. The first-order valence-electron chi connectivity index (χ1n) is 5.15. The maximum atomic E-state index is 11.6. The lowest BCUT2D eigenvalue weighted by molar-refractivity contribution is -0.162. The Morgan fingerprint density at radius 1 is 1.43 bits per heavy atom. The lowest BCUT2D eigenvalue weighted by atomic mass is 9.68. The van der Waals surface area contributed by atoms with E-state index in [-0.39, 0.29) is 5.91 Å². The summed E-state index contributed by atoms with van der Waals surface area (Å²) in [6.45, 7) is 2.62. The van der Waals surface area contributed by atoms with Crippen LogP contribution in [0.2, 0.25) is 0 Å². The molecular weight excluding hydrogens is 182 g/mol. The van der Waals surface area contributed by atoms with E-state index < -0.39 is 11.4 Å². The minimum Gasteiger partial charge on any atom is -0.480 e. The molecule has 1 fully saturated rings. The Balaban J connectivity index is 2.45. The third-order valence-electron chi connectivity index (χ3n) is 2.87. The number of nitrogens with one attached hydrogen (secondary N) is 1. The Morgan fingerprint density at radius 2 is 2.07 bits per heavy atom. The average Bonchev–Trinajstić information content (AvgIpc) is 2.01. The summed E-state index contributed by atoms with van der Waals surface area (Å²) in [6.07, 6.45) is 3.72. The van der Waals surface area contributed by atoms with Crippen molar-refractivity contribution in [2.45, 2.75) is 39.0 Å². The van der Waals surface area contributed by atoms with Gasteiger partial charge in [0.15, 0.2) is 0 Å². The van der Waals surface area contributed by atoms with Gasteiger partial charge in [0.2, 0.25) is 5.91 Å². The highest BCUT2D eigenvalue weighted by molar-refractivity contribution is 6.02. The molecule has 4 nitrogen and oxygen atoms in total. The van der Waals surface area contributed by atoms with Crippen molar-refractivity contribution in [3.63, 3.8) is 0 Å². The highest BCUT2D eigenvalue weighted by atomic mass is 16.4. The normalized spacial score (nSPS) is 18.4. The van der Waals surface area contributed by atoms with Crippen LogP contribution in [0.3, 0.4) is 0 Å². The molecule has 1 aliphatic rings. The molecule has 2 N–H and O–H groups in total. The first kappa shape index (κ1) is 11.0. The summed E-state index contributed by atoms with van der Waals surface area (Å²) in [5, 5.41) is 11.6. The maximum absolute atomic E-state index is 11.6. The summed E-state index contributed by atoms with van der Waals surface area (Å²) < 4.78 is 0. The van der Waals surface area contributed by atoms with Crippen molar-refractivity contribution < 1.29 is 14.7 Å². The van der Waals surface area contributed by atoms with Gasteiger partial charge in [0.25, 0.3) is 0 Å². The zero-order chi connectivity index (χ0) is 10.6. The van der Waals surface area contributed by atoms with Gasteiger partial charge in [-0.1, -0.05) is 19.8 Å². The quantitative estimate of drug-likeness (QED) is 0.515. The second-order valence-corrected chi connectivity index (χ2v) is 3.85. The Bertz CT molecular complexity index is 234. The maximum Gasteiger partial charge on any atom is 0.319 e. The molecule has 1 saturated carbocycles. The number of amides is 1. The van der Waals surface area contributed by atoms with E-state index in [0.717, 1.165) is 19.3 Å². The summed E-state index contributed by atoms with van der Waals surface area (Å²) in [4.78, 5) is 22.5. The molecule has 14 heavy (non-hydrogen) atoms. The molecule has 4 heteroatoms. The first-order valence-corrected chi connectivity index (χ1v) is 5.15. The Labute approximate surface area is 83.7 Å². The van der Waals surface area contributed by atoms with Crippen LogP contribution in [0.15, 0.2) is 0 Å². The molecule has 0 spiro atoms. The molecule has 1 rings (SSSR count). The molecular formula is C10H17NO3. The third-order valence-corrected chi connectivity index (χ3v) is 2.87. The summed E-state index contributed by atoms with van der Waals surface area (Å²) >= 11 is 0. The average molecular weight is 199 g/mol. The topological polar surface area (TPSA) is 66.4 Å². The summed E-state index contributed by atoms with van der Waals surface area (Å²) in [5.41, 5.74) is -1.10. The van der Waals surface area contributed by atoms with E-state index in [1.54, 1.807) is 0 Å². The number of carboxylic acid groups (broad SMARTS) is 1. The number of hydrogen-bond donors (Lipinski definition) is 2. The molecule has 0 aromatic rings. The SMILES string of the molecule is CCCCNC(=O)C1(C(=O)O)CCC1. The second-order valence-electron chi connectivity index (χ2n) is 3.85. The van der Waals surface area contributed by atoms with Crippen LogP contribution in [-0.4, -0.2) is 23.5 Å². The van der Waals surface area contributed by atoms with Crippen molar-refractivity contribution in [2.24, 2.45) is 5.41 Å². The molecule has 0 unspecified atom stereocenters. The van der Waals surface area contributed by atoms with E-state index in [4.69, 9.17) is 5.11 Å². The minimum absolute atomic E-state index is 0.301. The van der Waals surface area contributed by atoms with Crippen molar-refractivity contribution in [1.29, 1.82) is 0 Å². The number of carbonyl (C=O) groups is 2. The van der Waals surface area contributed by atoms with E-state index in [1.807, 2.05) is 6.92 Å². The first-order chi connectivity index (χ1) is 6.63. The van der Waals surface area contributed by atoms with E-state index in [2.05, 4.69) is 5.32 Å². The number of hydrogen-bond acceptors (Lipinski definition) is 2. The molecule has 0 bridgehead atoms. The Kier molecular flexibility index (Phi) is 3.49. The van der Waals surface area contributed by atoms with E-state index in [0.29, 0.717) is 19.4 Å². The standard InChI is InChI=1S/C10H17NO3/c1-2-3-7-11-8(12)10(9(13)14)5-4-6-10/h2-7H2,1H3,(H,11,12)(H,13,14). The second kappa shape index (κ2) is 4.44. The van der Waals surface area contributed by atoms with E-state index in [9.17, 15) is 9.59 Å². The zero-order valence-electron chi connectivity index (χ0n) is 8.51. The Hall–Kier alpha value is -1.06. The highest BCUT2D eigenvalue weighted by Crippen LogP contribution is 2.41. The van der Waals surface area contributed by atoms with Gasteiger partial charge in [-0.3, -0.25) is 9.59 Å². The van der Waals surface area contributed by atoms with Gasteiger partial charge in [-0.05, 0) is 19.3 Å². The lowest BCUT2D eigenvalue weighted by Gasteiger charge is -2.35. The molecule has 0 radical (unpaired) electrons. The summed E-state index contributed by atoms with van der Waals surface area (Å²) in [6, 6.07) is 0. The van der Waals surface area contributed by atoms with Gasteiger partial charge in [-0.2, -0.15) is 0 Å². The third kappa shape index (κ3) is 1.89. The summed E-state index contributed by atoms with van der Waals surface area (Å²) in [7, 11) is 0. The zero-order valence-corrected chi connectivity index (χ0v) is 8.51. The largest absolute Gasteiger partial charge is 0.480 e.